The molecule has 0 radical (unpaired) electrons. The lowest BCUT2D eigenvalue weighted by Gasteiger charge is -2.44. The highest BCUT2D eigenvalue weighted by Gasteiger charge is 2.33. The number of carbonyl (C=O) groups is 1. The summed E-state index contributed by atoms with van der Waals surface area (Å²) in [7, 11) is 5.93. The van der Waals surface area contributed by atoms with Gasteiger partial charge in [0.2, 0.25) is 0 Å². The first kappa shape index (κ1) is 16.6. The Labute approximate surface area is 129 Å². The largest absolute Gasteiger partial charge is 0.331 e. The van der Waals surface area contributed by atoms with Gasteiger partial charge in [0.1, 0.15) is 0 Å². The number of rotatable bonds is 3. The molecule has 1 aliphatic carbocycles. The van der Waals surface area contributed by atoms with Gasteiger partial charge in [0.05, 0.1) is 0 Å². The van der Waals surface area contributed by atoms with Crippen LogP contribution >= 0.6 is 0 Å². The molecule has 1 saturated heterocycles. The molecule has 1 heterocycles. The molecule has 2 atom stereocenters. The number of amides is 2. The number of hydrogen-bond acceptors (Lipinski definition) is 3. The Bertz CT molecular complexity index is 339. The minimum atomic E-state index is 0.147. The number of piperidine rings is 1. The lowest BCUT2D eigenvalue weighted by atomic mass is 9.82. The van der Waals surface area contributed by atoms with E-state index in [9.17, 15) is 4.79 Å². The molecule has 2 fully saturated rings. The highest BCUT2D eigenvalue weighted by Crippen LogP contribution is 2.30. The summed E-state index contributed by atoms with van der Waals surface area (Å²) in [5.41, 5.74) is 5.97. The Morgan fingerprint density at radius 2 is 1.71 bits per heavy atom. The first-order chi connectivity index (χ1) is 10.0. The second kappa shape index (κ2) is 7.45. The third-order valence-corrected chi connectivity index (χ3v) is 5.39. The van der Waals surface area contributed by atoms with Crippen LogP contribution in [0.15, 0.2) is 0 Å². The molecule has 0 aromatic heterocycles. The van der Waals surface area contributed by atoms with Crippen molar-refractivity contribution in [3.63, 3.8) is 0 Å². The van der Waals surface area contributed by atoms with E-state index in [0.717, 1.165) is 32.5 Å². The van der Waals surface area contributed by atoms with Crippen LogP contribution in [0.1, 0.15) is 38.5 Å². The second-order valence-electron chi connectivity index (χ2n) is 6.91. The summed E-state index contributed by atoms with van der Waals surface area (Å²) in [6.45, 7) is 2.57. The molecule has 2 rings (SSSR count). The highest BCUT2D eigenvalue weighted by atomic mass is 16.2. The molecule has 122 valence electrons. The maximum Gasteiger partial charge on any atom is 0.319 e. The summed E-state index contributed by atoms with van der Waals surface area (Å²) in [6.07, 6.45) is 7.41. The zero-order valence-electron chi connectivity index (χ0n) is 13.9. The summed E-state index contributed by atoms with van der Waals surface area (Å²) < 4.78 is 0. The van der Waals surface area contributed by atoms with Gasteiger partial charge in [0.15, 0.2) is 0 Å². The van der Waals surface area contributed by atoms with Crippen LogP contribution in [-0.4, -0.2) is 73.6 Å². The molecule has 5 nitrogen and oxygen atoms in total. The van der Waals surface area contributed by atoms with Crippen molar-refractivity contribution in [3.05, 3.63) is 0 Å². The molecule has 2 N–H and O–H groups in total. The maximum absolute atomic E-state index is 12.0. The summed E-state index contributed by atoms with van der Waals surface area (Å²) >= 11 is 0. The number of carbonyl (C=O) groups excluding carboxylic acids is 1. The number of hydrogen-bond donors (Lipinski definition) is 1. The first-order valence-electron chi connectivity index (χ1n) is 8.42. The van der Waals surface area contributed by atoms with Gasteiger partial charge in [-0.2, -0.15) is 0 Å². The van der Waals surface area contributed by atoms with Crippen molar-refractivity contribution in [2.24, 2.45) is 11.7 Å². The van der Waals surface area contributed by atoms with Crippen molar-refractivity contribution in [2.45, 2.75) is 50.6 Å². The van der Waals surface area contributed by atoms with Crippen molar-refractivity contribution in [1.29, 1.82) is 0 Å². The Morgan fingerprint density at radius 3 is 2.29 bits per heavy atom. The van der Waals surface area contributed by atoms with E-state index in [-0.39, 0.29) is 6.03 Å². The Kier molecular flexibility index (Phi) is 5.88. The molecule has 2 unspecified atom stereocenters. The molecule has 5 heteroatoms. The van der Waals surface area contributed by atoms with Crippen molar-refractivity contribution in [2.75, 3.05) is 40.8 Å². The van der Waals surface area contributed by atoms with Crippen molar-refractivity contribution < 1.29 is 4.79 Å². The van der Waals surface area contributed by atoms with Gasteiger partial charge in [-0.1, -0.05) is 12.8 Å². The van der Waals surface area contributed by atoms with Gasteiger partial charge < -0.3 is 20.4 Å². The molecular formula is C16H32N4O. The lowest BCUT2D eigenvalue weighted by molar-refractivity contribution is 0.0573. The predicted molar refractivity (Wildman–Crippen MR) is 86.2 cm³/mol. The molecule has 21 heavy (non-hydrogen) atoms. The number of nitrogens with two attached hydrogens (primary N) is 1. The summed E-state index contributed by atoms with van der Waals surface area (Å²) in [4.78, 5) is 18.2. The van der Waals surface area contributed by atoms with Crippen molar-refractivity contribution >= 4 is 6.03 Å². The number of likely N-dealkylation sites (tertiary alicyclic amines) is 1. The fourth-order valence-electron chi connectivity index (χ4n) is 4.02. The fourth-order valence-corrected chi connectivity index (χ4v) is 4.02. The van der Waals surface area contributed by atoms with E-state index in [1.165, 1.54) is 25.7 Å². The molecule has 0 aromatic carbocycles. The van der Waals surface area contributed by atoms with Crippen LogP contribution in [-0.2, 0) is 0 Å². The Balaban J connectivity index is 1.87. The molecule has 0 bridgehead atoms. The Hall–Kier alpha value is -0.810. The van der Waals surface area contributed by atoms with E-state index in [1.54, 1.807) is 4.90 Å². The SMILES string of the molecule is CN(C)C(=O)N1CCC(N(C)C2CCCCC2CN)CC1. The molecular weight excluding hydrogens is 264 g/mol. The van der Waals surface area contributed by atoms with E-state index >= 15 is 0 Å². The summed E-state index contributed by atoms with van der Waals surface area (Å²) in [5, 5.41) is 0. The zero-order chi connectivity index (χ0) is 15.4. The zero-order valence-corrected chi connectivity index (χ0v) is 13.9. The van der Waals surface area contributed by atoms with Crippen LogP contribution in [0.3, 0.4) is 0 Å². The van der Waals surface area contributed by atoms with Crippen LogP contribution in [0.25, 0.3) is 0 Å². The normalized spacial score (nSPS) is 28.0. The summed E-state index contributed by atoms with van der Waals surface area (Å²) in [5.74, 6) is 0.658. The highest BCUT2D eigenvalue weighted by molar-refractivity contribution is 5.73. The smallest absolute Gasteiger partial charge is 0.319 e. The standard InChI is InChI=1S/C16H32N4O/c1-18(2)16(21)20-10-8-14(9-11-20)19(3)15-7-5-4-6-13(15)12-17/h13-15H,4-12,17H2,1-3H3. The van der Waals surface area contributed by atoms with Crippen LogP contribution in [0, 0.1) is 5.92 Å². The number of nitrogens with zero attached hydrogens (tertiary/aromatic N) is 3. The molecule has 1 aliphatic heterocycles. The molecule has 0 spiro atoms. The van der Waals surface area contributed by atoms with Gasteiger partial charge in [-0.3, -0.25) is 0 Å². The quantitative estimate of drug-likeness (QED) is 0.860. The van der Waals surface area contributed by atoms with E-state index in [4.69, 9.17) is 5.73 Å². The maximum atomic E-state index is 12.0. The van der Waals surface area contributed by atoms with Crippen LogP contribution in [0.2, 0.25) is 0 Å². The third kappa shape index (κ3) is 3.89. The Morgan fingerprint density at radius 1 is 1.10 bits per heavy atom. The van der Waals surface area contributed by atoms with Crippen molar-refractivity contribution in [3.8, 4) is 0 Å². The first-order valence-corrected chi connectivity index (χ1v) is 8.42. The minimum Gasteiger partial charge on any atom is -0.331 e. The fraction of sp³-hybridized carbons (Fsp3) is 0.938. The molecule has 1 saturated carbocycles. The van der Waals surface area contributed by atoms with Gasteiger partial charge >= 0.3 is 6.03 Å². The number of urea groups is 1. The molecule has 2 amide bonds. The molecule has 0 aromatic rings. The van der Waals surface area contributed by atoms with Gasteiger partial charge in [0, 0.05) is 39.3 Å². The van der Waals surface area contributed by atoms with Gasteiger partial charge in [-0.25, -0.2) is 4.79 Å². The van der Waals surface area contributed by atoms with Crippen LogP contribution < -0.4 is 5.73 Å². The van der Waals surface area contributed by atoms with E-state index < -0.39 is 0 Å². The van der Waals surface area contributed by atoms with E-state index in [0.29, 0.717) is 18.0 Å². The van der Waals surface area contributed by atoms with Gasteiger partial charge in [0.25, 0.3) is 0 Å². The van der Waals surface area contributed by atoms with Gasteiger partial charge in [-0.05, 0) is 45.2 Å². The average Bonchev–Trinajstić information content (AvgIpc) is 2.53. The second-order valence-corrected chi connectivity index (χ2v) is 6.91. The van der Waals surface area contributed by atoms with Crippen LogP contribution in [0.4, 0.5) is 4.79 Å². The third-order valence-electron chi connectivity index (χ3n) is 5.39. The van der Waals surface area contributed by atoms with Crippen molar-refractivity contribution in [1.82, 2.24) is 14.7 Å². The topological polar surface area (TPSA) is 52.8 Å². The minimum absolute atomic E-state index is 0.147. The van der Waals surface area contributed by atoms with E-state index in [2.05, 4.69) is 11.9 Å². The predicted octanol–water partition coefficient (Wildman–Crippen LogP) is 1.58. The monoisotopic (exact) mass is 296 g/mol. The van der Waals surface area contributed by atoms with E-state index in [1.807, 2.05) is 19.0 Å². The lowest BCUT2D eigenvalue weighted by Crippen LogP contribution is -2.53. The molecule has 2 aliphatic rings. The van der Waals surface area contributed by atoms with Crippen LogP contribution in [0.5, 0.6) is 0 Å². The van der Waals surface area contributed by atoms with Gasteiger partial charge in [-0.15, -0.1) is 0 Å². The summed E-state index contributed by atoms with van der Waals surface area (Å²) in [6, 6.07) is 1.40. The average molecular weight is 296 g/mol.